The molecule has 0 aromatic carbocycles. The van der Waals surface area contributed by atoms with Gasteiger partial charge in [-0.1, -0.05) is 13.8 Å². The number of hydrogen-bond donors (Lipinski definition) is 1. The van der Waals surface area contributed by atoms with Crippen molar-refractivity contribution in [2.75, 3.05) is 7.11 Å². The number of rotatable bonds is 7. The Labute approximate surface area is 80.1 Å². The lowest BCUT2D eigenvalue weighted by Gasteiger charge is -2.19. The van der Waals surface area contributed by atoms with Crippen LogP contribution in [0.5, 0.6) is 0 Å². The standard InChI is InChI=1S/C7H16O5S/c1-4-6(10-3)11-7(5-2)12-13(8)9/h6-7,13H,4-5H2,1-3H3. The van der Waals surface area contributed by atoms with Crippen LogP contribution in [0.4, 0.5) is 0 Å². The smallest absolute Gasteiger partial charge is 0.259 e. The van der Waals surface area contributed by atoms with Gasteiger partial charge in [0.1, 0.15) is 0 Å². The van der Waals surface area contributed by atoms with E-state index in [-0.39, 0.29) is 0 Å². The largest absolute Gasteiger partial charge is 0.356 e. The van der Waals surface area contributed by atoms with Gasteiger partial charge in [0.15, 0.2) is 12.6 Å². The second kappa shape index (κ2) is 7.25. The summed E-state index contributed by atoms with van der Waals surface area (Å²) in [5, 5.41) is 0. The van der Waals surface area contributed by atoms with Gasteiger partial charge in [-0.05, 0) is 12.8 Å². The molecular formula is C7H16O5S. The van der Waals surface area contributed by atoms with Crippen LogP contribution >= 0.6 is 0 Å². The summed E-state index contributed by atoms with van der Waals surface area (Å²) in [5.74, 6) is 0. The summed E-state index contributed by atoms with van der Waals surface area (Å²) in [7, 11) is -1.37. The van der Waals surface area contributed by atoms with Gasteiger partial charge in [-0.2, -0.15) is 0 Å². The Morgan fingerprint density at radius 2 is 1.69 bits per heavy atom. The molecular weight excluding hydrogens is 196 g/mol. The lowest BCUT2D eigenvalue weighted by atomic mass is 10.4. The summed E-state index contributed by atoms with van der Waals surface area (Å²) < 4.78 is 35.0. The number of methoxy groups -OCH3 is 1. The van der Waals surface area contributed by atoms with Crippen molar-refractivity contribution in [2.45, 2.75) is 39.3 Å². The maximum Gasteiger partial charge on any atom is 0.259 e. The Morgan fingerprint density at radius 1 is 1.15 bits per heavy atom. The van der Waals surface area contributed by atoms with Gasteiger partial charge in [-0.3, -0.25) is 0 Å². The molecule has 0 aliphatic heterocycles. The van der Waals surface area contributed by atoms with E-state index in [1.54, 1.807) is 6.92 Å². The highest BCUT2D eigenvalue weighted by molar-refractivity contribution is 7.67. The molecule has 80 valence electrons. The minimum atomic E-state index is -2.87. The molecule has 13 heavy (non-hydrogen) atoms. The molecule has 0 N–H and O–H groups in total. The molecule has 0 radical (unpaired) electrons. The molecule has 0 fully saturated rings. The number of ether oxygens (including phenoxy) is 2. The second-order valence-electron chi connectivity index (χ2n) is 2.38. The maximum atomic E-state index is 10.2. The fourth-order valence-electron chi connectivity index (χ4n) is 0.779. The molecule has 0 aliphatic rings. The minimum absolute atomic E-state index is 0.417. The van der Waals surface area contributed by atoms with E-state index in [2.05, 4.69) is 4.18 Å². The molecule has 0 saturated heterocycles. The molecule has 0 aromatic heterocycles. The van der Waals surface area contributed by atoms with Crippen molar-refractivity contribution in [1.82, 2.24) is 0 Å². The zero-order valence-corrected chi connectivity index (χ0v) is 8.95. The average Bonchev–Trinajstić information content (AvgIpc) is 2.11. The fraction of sp³-hybridized carbons (Fsp3) is 1.00. The van der Waals surface area contributed by atoms with Gasteiger partial charge >= 0.3 is 0 Å². The van der Waals surface area contributed by atoms with Crippen LogP contribution < -0.4 is 0 Å². The molecule has 0 aliphatic carbocycles. The maximum absolute atomic E-state index is 10.2. The normalized spacial score (nSPS) is 16.0. The Kier molecular flexibility index (Phi) is 7.16. The van der Waals surface area contributed by atoms with Crippen molar-refractivity contribution in [3.05, 3.63) is 0 Å². The lowest BCUT2D eigenvalue weighted by Crippen LogP contribution is -2.24. The average molecular weight is 212 g/mol. The van der Waals surface area contributed by atoms with Crippen LogP contribution in [0.1, 0.15) is 26.7 Å². The molecule has 0 spiro atoms. The van der Waals surface area contributed by atoms with E-state index >= 15 is 0 Å². The van der Waals surface area contributed by atoms with Crippen molar-refractivity contribution in [3.8, 4) is 0 Å². The molecule has 6 heteroatoms. The van der Waals surface area contributed by atoms with Crippen LogP contribution in [0.25, 0.3) is 0 Å². The molecule has 0 aromatic rings. The van der Waals surface area contributed by atoms with Gasteiger partial charge < -0.3 is 9.47 Å². The van der Waals surface area contributed by atoms with Crippen LogP contribution in [0.3, 0.4) is 0 Å². The summed E-state index contributed by atoms with van der Waals surface area (Å²) in [5.41, 5.74) is 0. The first-order valence-corrected chi connectivity index (χ1v) is 5.22. The van der Waals surface area contributed by atoms with Gasteiger partial charge in [0.25, 0.3) is 11.0 Å². The summed E-state index contributed by atoms with van der Waals surface area (Å²) in [6.45, 7) is 3.64. The Bertz CT molecular complexity index is 179. The SMILES string of the molecule is CCC(OC)OC(CC)O[SH](=O)=O. The number of thiol groups is 1. The van der Waals surface area contributed by atoms with E-state index in [0.29, 0.717) is 12.8 Å². The highest BCUT2D eigenvalue weighted by Crippen LogP contribution is 2.07. The molecule has 2 unspecified atom stereocenters. The van der Waals surface area contributed by atoms with Crippen molar-refractivity contribution in [1.29, 1.82) is 0 Å². The molecule has 5 nitrogen and oxygen atoms in total. The van der Waals surface area contributed by atoms with Crippen molar-refractivity contribution in [3.63, 3.8) is 0 Å². The van der Waals surface area contributed by atoms with Crippen molar-refractivity contribution < 1.29 is 22.1 Å². The van der Waals surface area contributed by atoms with Gasteiger partial charge in [0.05, 0.1) is 0 Å². The van der Waals surface area contributed by atoms with Crippen molar-refractivity contribution >= 4 is 11.0 Å². The zero-order valence-electron chi connectivity index (χ0n) is 8.06. The highest BCUT2D eigenvalue weighted by Gasteiger charge is 2.14. The molecule has 2 atom stereocenters. The predicted molar refractivity (Wildman–Crippen MR) is 47.7 cm³/mol. The monoisotopic (exact) mass is 212 g/mol. The molecule has 0 bridgehead atoms. The van der Waals surface area contributed by atoms with E-state index < -0.39 is 23.6 Å². The van der Waals surface area contributed by atoms with Crippen molar-refractivity contribution in [2.24, 2.45) is 0 Å². The van der Waals surface area contributed by atoms with E-state index in [1.807, 2.05) is 6.92 Å². The summed E-state index contributed by atoms with van der Waals surface area (Å²) >= 11 is 0. The fourth-order valence-corrected chi connectivity index (χ4v) is 1.17. The highest BCUT2D eigenvalue weighted by atomic mass is 32.2. The number of hydrogen-bond acceptors (Lipinski definition) is 5. The Hall–Kier alpha value is -0.170. The topological polar surface area (TPSA) is 61.8 Å². The van der Waals surface area contributed by atoms with Gasteiger partial charge in [0.2, 0.25) is 0 Å². The van der Waals surface area contributed by atoms with E-state index in [1.165, 1.54) is 7.11 Å². The van der Waals surface area contributed by atoms with Crippen LogP contribution in [0.2, 0.25) is 0 Å². The van der Waals surface area contributed by atoms with E-state index in [9.17, 15) is 8.42 Å². The van der Waals surface area contributed by atoms with Crippen LogP contribution in [0, 0.1) is 0 Å². The van der Waals surface area contributed by atoms with Crippen LogP contribution in [-0.4, -0.2) is 28.1 Å². The lowest BCUT2D eigenvalue weighted by molar-refractivity contribution is -0.207. The third kappa shape index (κ3) is 5.98. The van der Waals surface area contributed by atoms with E-state index in [0.717, 1.165) is 0 Å². The van der Waals surface area contributed by atoms with E-state index in [4.69, 9.17) is 9.47 Å². The molecule has 0 rings (SSSR count). The minimum Gasteiger partial charge on any atom is -0.356 e. The Morgan fingerprint density at radius 3 is 2.00 bits per heavy atom. The molecule has 0 amide bonds. The van der Waals surface area contributed by atoms with Gasteiger partial charge in [-0.15, -0.1) is 0 Å². The quantitative estimate of drug-likeness (QED) is 0.496. The summed E-state index contributed by atoms with van der Waals surface area (Å²) in [6.07, 6.45) is -0.0549. The van der Waals surface area contributed by atoms with Gasteiger partial charge in [0, 0.05) is 7.11 Å². The second-order valence-corrected chi connectivity index (χ2v) is 3.03. The predicted octanol–water partition coefficient (Wildman–Crippen LogP) is 0.665. The first kappa shape index (κ1) is 12.8. The molecule has 0 heterocycles. The van der Waals surface area contributed by atoms with Gasteiger partial charge in [-0.25, -0.2) is 12.6 Å². The summed E-state index contributed by atoms with van der Waals surface area (Å²) in [4.78, 5) is 0. The third-order valence-corrected chi connectivity index (χ3v) is 1.84. The zero-order chi connectivity index (χ0) is 10.3. The van der Waals surface area contributed by atoms with Crippen LogP contribution in [-0.2, 0) is 24.6 Å². The first-order chi connectivity index (χ1) is 6.13. The molecule has 0 saturated carbocycles. The summed E-state index contributed by atoms with van der Waals surface area (Å²) in [6, 6.07) is 0. The van der Waals surface area contributed by atoms with Crippen LogP contribution in [0.15, 0.2) is 0 Å². The third-order valence-electron chi connectivity index (χ3n) is 1.44. The Balaban J connectivity index is 3.94. The first-order valence-electron chi connectivity index (χ1n) is 4.13.